The van der Waals surface area contributed by atoms with Gasteiger partial charge in [-0.2, -0.15) is 0 Å². The van der Waals surface area contributed by atoms with Gasteiger partial charge in [-0.05, 0) is 43.7 Å². The maximum absolute atomic E-state index is 16.3. The third kappa shape index (κ3) is 4.78. The van der Waals surface area contributed by atoms with Gasteiger partial charge >= 0.3 is 6.03 Å². The number of piperidine rings is 1. The molecule has 7 nitrogen and oxygen atoms in total. The van der Waals surface area contributed by atoms with Gasteiger partial charge in [-0.25, -0.2) is 22.9 Å². The van der Waals surface area contributed by atoms with E-state index in [2.05, 4.69) is 15.3 Å². The number of likely N-dealkylation sites (tertiary alicyclic amines) is 1. The second kappa shape index (κ2) is 9.72. The number of carbonyl (C=O) groups excluding carboxylic acids is 1. The molecule has 4 rings (SSSR count). The standard InChI is InChI=1S/C26H31F3N4O3/c1-4-26(28,29)19-5-8-22(30-15-19)32-23(35)33-11-9-25(27,10-12-33)24(3)17(2)13-18(14-31-24)21-7-6-20(16-34)36-21/h5-8,13-15,18,34H,4,9-12,16H2,1-3H3,(H,30,32,35). The summed E-state index contributed by atoms with van der Waals surface area (Å²) in [7, 11) is 0. The highest BCUT2D eigenvalue weighted by molar-refractivity contribution is 5.88. The smallest absolute Gasteiger partial charge is 0.323 e. The minimum absolute atomic E-state index is 0.0919. The summed E-state index contributed by atoms with van der Waals surface area (Å²) in [5.74, 6) is -1.98. The van der Waals surface area contributed by atoms with Crippen molar-refractivity contribution in [2.24, 2.45) is 4.99 Å². The van der Waals surface area contributed by atoms with Crippen LogP contribution in [0.25, 0.3) is 0 Å². The first kappa shape index (κ1) is 25.9. The Hall–Kier alpha value is -3.14. The van der Waals surface area contributed by atoms with Crippen LogP contribution < -0.4 is 5.32 Å². The summed E-state index contributed by atoms with van der Waals surface area (Å²) in [5, 5.41) is 11.8. The molecule has 2 aromatic rings. The molecule has 0 radical (unpaired) electrons. The number of pyridine rings is 1. The molecule has 0 spiro atoms. The van der Waals surface area contributed by atoms with E-state index in [0.29, 0.717) is 11.5 Å². The van der Waals surface area contributed by atoms with E-state index in [4.69, 9.17) is 4.42 Å². The third-order valence-corrected chi connectivity index (χ3v) is 7.44. The second-order valence-electron chi connectivity index (χ2n) is 9.56. The molecule has 2 unspecified atom stereocenters. The number of anilines is 1. The number of aliphatic imine (C=N–C) groups is 1. The molecular weight excluding hydrogens is 473 g/mol. The number of carbonyl (C=O) groups is 1. The Balaban J connectivity index is 1.38. The molecule has 2 atom stereocenters. The SMILES string of the molecule is CCC(F)(F)c1ccc(NC(=O)N2CCC(F)(C3(C)N=CC(c4ccc(CO)o4)C=C3C)CC2)nc1. The van der Waals surface area contributed by atoms with E-state index < -0.39 is 23.2 Å². The fourth-order valence-electron chi connectivity index (χ4n) is 4.72. The lowest BCUT2D eigenvalue weighted by Crippen LogP contribution is -2.56. The molecule has 2 aliphatic heterocycles. The molecule has 2 aromatic heterocycles. The van der Waals surface area contributed by atoms with Crippen LogP contribution in [0.1, 0.15) is 63.0 Å². The van der Waals surface area contributed by atoms with Crippen LogP contribution in [0.15, 0.2) is 51.5 Å². The van der Waals surface area contributed by atoms with Gasteiger partial charge in [-0.3, -0.25) is 10.3 Å². The highest BCUT2D eigenvalue weighted by Gasteiger charge is 2.53. The zero-order valence-electron chi connectivity index (χ0n) is 20.6. The maximum Gasteiger partial charge on any atom is 0.323 e. The maximum atomic E-state index is 16.3. The summed E-state index contributed by atoms with van der Waals surface area (Å²) >= 11 is 0. The summed E-state index contributed by atoms with van der Waals surface area (Å²) in [4.78, 5) is 22.7. The number of dihydropyridines is 1. The number of halogens is 3. The molecule has 0 saturated carbocycles. The summed E-state index contributed by atoms with van der Waals surface area (Å²) in [6, 6.07) is 5.59. The van der Waals surface area contributed by atoms with Gasteiger partial charge in [0, 0.05) is 50.3 Å². The van der Waals surface area contributed by atoms with Crippen molar-refractivity contribution >= 4 is 18.1 Å². The van der Waals surface area contributed by atoms with Crippen molar-refractivity contribution in [3.05, 3.63) is 59.2 Å². The minimum Gasteiger partial charge on any atom is -0.463 e. The molecule has 2 aliphatic rings. The van der Waals surface area contributed by atoms with Crippen molar-refractivity contribution < 1.29 is 27.5 Å². The normalized spacial score (nSPS) is 23.9. The molecule has 4 heterocycles. The average Bonchev–Trinajstić information content (AvgIpc) is 3.36. The Morgan fingerprint density at radius 3 is 2.56 bits per heavy atom. The fraction of sp³-hybridized carbons (Fsp3) is 0.500. The van der Waals surface area contributed by atoms with Crippen molar-refractivity contribution in [1.29, 1.82) is 0 Å². The van der Waals surface area contributed by atoms with Crippen molar-refractivity contribution in [2.75, 3.05) is 18.4 Å². The number of urea groups is 1. The number of nitrogens with zero attached hydrogens (tertiary/aromatic N) is 3. The van der Waals surface area contributed by atoms with E-state index in [1.807, 2.05) is 13.0 Å². The topological polar surface area (TPSA) is 91.0 Å². The van der Waals surface area contributed by atoms with Gasteiger partial charge in [-0.15, -0.1) is 0 Å². The van der Waals surface area contributed by atoms with Crippen LogP contribution >= 0.6 is 0 Å². The van der Waals surface area contributed by atoms with Gasteiger partial charge < -0.3 is 14.4 Å². The molecule has 36 heavy (non-hydrogen) atoms. The highest BCUT2D eigenvalue weighted by atomic mass is 19.3. The molecule has 1 fully saturated rings. The van der Waals surface area contributed by atoms with Crippen LogP contribution in [0.5, 0.6) is 0 Å². The number of hydrogen-bond acceptors (Lipinski definition) is 5. The number of hydrogen-bond donors (Lipinski definition) is 2. The Kier molecular flexibility index (Phi) is 7.01. The van der Waals surface area contributed by atoms with E-state index >= 15 is 4.39 Å². The number of amides is 2. The van der Waals surface area contributed by atoms with Crippen LogP contribution in [-0.4, -0.2) is 51.5 Å². The first-order chi connectivity index (χ1) is 17.0. The van der Waals surface area contributed by atoms with Gasteiger partial charge in [0.2, 0.25) is 0 Å². The van der Waals surface area contributed by atoms with Crippen LogP contribution in [0.2, 0.25) is 0 Å². The highest BCUT2D eigenvalue weighted by Crippen LogP contribution is 2.46. The summed E-state index contributed by atoms with van der Waals surface area (Å²) in [6.07, 6.45) is 4.49. The number of alkyl halides is 3. The quantitative estimate of drug-likeness (QED) is 0.503. The fourth-order valence-corrected chi connectivity index (χ4v) is 4.72. The number of rotatable bonds is 6. The van der Waals surface area contributed by atoms with Crippen molar-refractivity contribution in [3.63, 3.8) is 0 Å². The Morgan fingerprint density at radius 2 is 2.00 bits per heavy atom. The van der Waals surface area contributed by atoms with Crippen LogP contribution in [-0.2, 0) is 12.5 Å². The number of aliphatic hydroxyl groups is 1. The van der Waals surface area contributed by atoms with E-state index in [1.54, 1.807) is 25.3 Å². The Bertz CT molecular complexity index is 1150. The summed E-state index contributed by atoms with van der Waals surface area (Å²) in [5.41, 5.74) is -2.18. The summed E-state index contributed by atoms with van der Waals surface area (Å²) < 4.78 is 49.4. The van der Waals surface area contributed by atoms with E-state index in [0.717, 1.165) is 11.8 Å². The number of allylic oxidation sites excluding steroid dienone is 1. The first-order valence-electron chi connectivity index (χ1n) is 12.0. The zero-order chi connectivity index (χ0) is 26.1. The number of nitrogens with one attached hydrogen (secondary N) is 1. The summed E-state index contributed by atoms with van der Waals surface area (Å²) in [6.45, 7) is 5.15. The van der Waals surface area contributed by atoms with Crippen molar-refractivity contribution in [2.45, 2.75) is 69.7 Å². The molecule has 194 valence electrons. The zero-order valence-corrected chi connectivity index (χ0v) is 20.6. The minimum atomic E-state index is -2.97. The van der Waals surface area contributed by atoms with Gasteiger partial charge in [0.15, 0.2) is 0 Å². The molecular formula is C26H31F3N4O3. The molecule has 0 bridgehead atoms. The van der Waals surface area contributed by atoms with Gasteiger partial charge in [0.25, 0.3) is 5.92 Å². The lowest BCUT2D eigenvalue weighted by Gasteiger charge is -2.47. The molecule has 0 aliphatic carbocycles. The van der Waals surface area contributed by atoms with Gasteiger partial charge in [0.1, 0.15) is 35.2 Å². The van der Waals surface area contributed by atoms with E-state index in [-0.39, 0.29) is 56.3 Å². The van der Waals surface area contributed by atoms with Gasteiger partial charge in [-0.1, -0.05) is 13.0 Å². The molecule has 10 heteroatoms. The predicted octanol–water partition coefficient (Wildman–Crippen LogP) is 5.58. The Morgan fingerprint density at radius 1 is 1.28 bits per heavy atom. The van der Waals surface area contributed by atoms with Crippen LogP contribution in [0, 0.1) is 0 Å². The molecule has 1 saturated heterocycles. The van der Waals surface area contributed by atoms with E-state index in [1.165, 1.54) is 24.0 Å². The first-order valence-corrected chi connectivity index (χ1v) is 12.0. The number of aromatic nitrogens is 1. The molecule has 0 aromatic carbocycles. The number of aliphatic hydroxyl groups excluding tert-OH is 1. The van der Waals surface area contributed by atoms with Crippen LogP contribution in [0.4, 0.5) is 23.8 Å². The van der Waals surface area contributed by atoms with Gasteiger partial charge in [0.05, 0.1) is 5.92 Å². The monoisotopic (exact) mass is 504 g/mol. The van der Waals surface area contributed by atoms with Crippen molar-refractivity contribution in [1.82, 2.24) is 9.88 Å². The Labute approximate surface area is 208 Å². The molecule has 2 N–H and O–H groups in total. The lowest BCUT2D eigenvalue weighted by molar-refractivity contribution is -0.00858. The average molecular weight is 505 g/mol. The largest absolute Gasteiger partial charge is 0.463 e. The third-order valence-electron chi connectivity index (χ3n) is 7.44. The van der Waals surface area contributed by atoms with E-state index in [9.17, 15) is 18.7 Å². The number of furan rings is 1. The predicted molar refractivity (Wildman–Crippen MR) is 130 cm³/mol. The molecule has 2 amide bonds. The lowest BCUT2D eigenvalue weighted by atomic mass is 9.70. The second-order valence-corrected chi connectivity index (χ2v) is 9.56. The van der Waals surface area contributed by atoms with Crippen LogP contribution in [0.3, 0.4) is 0 Å². The van der Waals surface area contributed by atoms with Crippen molar-refractivity contribution in [3.8, 4) is 0 Å².